The van der Waals surface area contributed by atoms with Crippen LogP contribution in [0.15, 0.2) is 12.3 Å². The third kappa shape index (κ3) is 3.73. The van der Waals surface area contributed by atoms with Gasteiger partial charge < -0.3 is 16.0 Å². The van der Waals surface area contributed by atoms with Crippen molar-refractivity contribution < 1.29 is 0 Å². The molecule has 1 aromatic rings. The molecule has 0 amide bonds. The van der Waals surface area contributed by atoms with Crippen molar-refractivity contribution in [3.05, 3.63) is 17.3 Å². The number of anilines is 2. The Hall–Kier alpha value is -1.04. The fraction of sp³-hybridized carbons (Fsp3) is 0.583. The van der Waals surface area contributed by atoms with Crippen molar-refractivity contribution in [2.75, 3.05) is 57.4 Å². The molecule has 1 aliphatic rings. The topological polar surface area (TPSA) is 57.4 Å². The van der Waals surface area contributed by atoms with Crippen LogP contribution in [0.2, 0.25) is 5.02 Å². The molecule has 2 rings (SSSR count). The Balaban J connectivity index is 1.75. The highest BCUT2D eigenvalue weighted by molar-refractivity contribution is 6.30. The molecule has 6 heteroatoms. The zero-order valence-corrected chi connectivity index (χ0v) is 11.5. The Kier molecular flexibility index (Phi) is 4.63. The van der Waals surface area contributed by atoms with E-state index in [9.17, 15) is 0 Å². The van der Waals surface area contributed by atoms with Crippen LogP contribution in [0.25, 0.3) is 0 Å². The van der Waals surface area contributed by atoms with Gasteiger partial charge in [0.2, 0.25) is 0 Å². The molecule has 0 aromatic carbocycles. The van der Waals surface area contributed by atoms with Crippen molar-refractivity contribution in [3.8, 4) is 0 Å². The van der Waals surface area contributed by atoms with Crippen LogP contribution in [0.5, 0.6) is 0 Å². The number of rotatable bonds is 4. The summed E-state index contributed by atoms with van der Waals surface area (Å²) in [5.74, 6) is 0.716. The fourth-order valence-electron chi connectivity index (χ4n) is 2.01. The zero-order chi connectivity index (χ0) is 13.0. The summed E-state index contributed by atoms with van der Waals surface area (Å²) >= 11 is 5.80. The molecule has 0 bridgehead atoms. The summed E-state index contributed by atoms with van der Waals surface area (Å²) in [4.78, 5) is 8.97. The lowest BCUT2D eigenvalue weighted by atomic mass is 10.3. The van der Waals surface area contributed by atoms with Crippen molar-refractivity contribution in [2.45, 2.75) is 0 Å². The highest BCUT2D eigenvalue weighted by Gasteiger charge is 2.12. The summed E-state index contributed by atoms with van der Waals surface area (Å²) in [6, 6.07) is 1.72. The molecule has 0 atom stereocenters. The molecule has 1 aromatic heterocycles. The number of hydrogen-bond donors (Lipinski definition) is 2. The van der Waals surface area contributed by atoms with Crippen LogP contribution in [0.3, 0.4) is 0 Å². The van der Waals surface area contributed by atoms with Crippen molar-refractivity contribution in [1.82, 2.24) is 14.8 Å². The number of nitrogens with zero attached hydrogens (tertiary/aromatic N) is 3. The predicted octanol–water partition coefficient (Wildman–Crippen LogP) is 0.976. The number of nitrogen functional groups attached to an aromatic ring is 1. The van der Waals surface area contributed by atoms with E-state index in [0.29, 0.717) is 16.5 Å². The van der Waals surface area contributed by atoms with Gasteiger partial charge in [0, 0.05) is 45.5 Å². The average Bonchev–Trinajstić information content (AvgIpc) is 2.34. The van der Waals surface area contributed by atoms with Crippen LogP contribution in [0.1, 0.15) is 0 Å². The number of nitrogens with two attached hydrogens (primary N) is 1. The molecule has 1 fully saturated rings. The van der Waals surface area contributed by atoms with Gasteiger partial charge >= 0.3 is 0 Å². The van der Waals surface area contributed by atoms with Gasteiger partial charge in [-0.3, -0.25) is 4.90 Å². The van der Waals surface area contributed by atoms with Crippen molar-refractivity contribution in [2.24, 2.45) is 0 Å². The van der Waals surface area contributed by atoms with Gasteiger partial charge in [0.1, 0.15) is 5.82 Å². The van der Waals surface area contributed by atoms with Gasteiger partial charge in [0.05, 0.1) is 10.7 Å². The first kappa shape index (κ1) is 13.4. The van der Waals surface area contributed by atoms with Gasteiger partial charge in [-0.25, -0.2) is 4.98 Å². The quantitative estimate of drug-likeness (QED) is 0.853. The Morgan fingerprint density at radius 2 is 2.11 bits per heavy atom. The number of likely N-dealkylation sites (N-methyl/N-ethyl adjacent to an activating group) is 1. The van der Waals surface area contributed by atoms with E-state index < -0.39 is 0 Å². The minimum atomic E-state index is 0.567. The molecule has 3 N–H and O–H groups in total. The largest absolute Gasteiger partial charge is 0.396 e. The van der Waals surface area contributed by atoms with Gasteiger partial charge in [-0.05, 0) is 13.1 Å². The number of aromatic nitrogens is 1. The number of nitrogens with one attached hydrogen (secondary N) is 1. The van der Waals surface area contributed by atoms with Gasteiger partial charge in [-0.1, -0.05) is 11.6 Å². The van der Waals surface area contributed by atoms with E-state index in [1.807, 2.05) is 0 Å². The van der Waals surface area contributed by atoms with Crippen LogP contribution in [0, 0.1) is 0 Å². The Bertz CT molecular complexity index is 390. The van der Waals surface area contributed by atoms with Crippen molar-refractivity contribution in [3.63, 3.8) is 0 Å². The van der Waals surface area contributed by atoms with Gasteiger partial charge in [0.15, 0.2) is 0 Å². The second-order valence-electron chi connectivity index (χ2n) is 4.66. The Morgan fingerprint density at radius 1 is 1.39 bits per heavy atom. The summed E-state index contributed by atoms with van der Waals surface area (Å²) in [5.41, 5.74) is 6.43. The Morgan fingerprint density at radius 3 is 2.78 bits per heavy atom. The van der Waals surface area contributed by atoms with E-state index in [2.05, 4.69) is 27.1 Å². The molecule has 1 aliphatic heterocycles. The summed E-state index contributed by atoms with van der Waals surface area (Å²) in [6.07, 6.45) is 1.61. The standard InChI is InChI=1S/C12H20ClN5/c1-17-4-6-18(7-5-17)3-2-15-12-11(14)8-10(13)9-16-12/h8-9H,2-7,14H2,1H3,(H,15,16). The SMILES string of the molecule is CN1CCN(CCNc2ncc(Cl)cc2N)CC1. The second kappa shape index (κ2) is 6.22. The van der Waals surface area contributed by atoms with Crippen LogP contribution in [-0.4, -0.2) is 61.1 Å². The lowest BCUT2D eigenvalue weighted by Crippen LogP contribution is -2.45. The first-order valence-electron chi connectivity index (χ1n) is 6.21. The maximum Gasteiger partial charge on any atom is 0.149 e. The molecule has 0 spiro atoms. The van der Waals surface area contributed by atoms with Crippen molar-refractivity contribution in [1.29, 1.82) is 0 Å². The number of halogens is 1. The summed E-state index contributed by atoms with van der Waals surface area (Å²) in [6.45, 7) is 6.40. The van der Waals surface area contributed by atoms with Gasteiger partial charge in [-0.2, -0.15) is 0 Å². The lowest BCUT2D eigenvalue weighted by molar-refractivity contribution is 0.158. The highest BCUT2D eigenvalue weighted by atomic mass is 35.5. The second-order valence-corrected chi connectivity index (χ2v) is 5.10. The van der Waals surface area contributed by atoms with Crippen LogP contribution in [0.4, 0.5) is 11.5 Å². The zero-order valence-electron chi connectivity index (χ0n) is 10.7. The molecule has 0 saturated carbocycles. The van der Waals surface area contributed by atoms with E-state index in [4.69, 9.17) is 17.3 Å². The maximum atomic E-state index is 5.83. The molecule has 18 heavy (non-hydrogen) atoms. The number of piperazine rings is 1. The third-order valence-electron chi connectivity index (χ3n) is 3.20. The van der Waals surface area contributed by atoms with E-state index in [-0.39, 0.29) is 0 Å². The minimum absolute atomic E-state index is 0.567. The maximum absolute atomic E-state index is 5.83. The van der Waals surface area contributed by atoms with Crippen molar-refractivity contribution >= 4 is 23.1 Å². The molecule has 100 valence electrons. The number of pyridine rings is 1. The molecule has 2 heterocycles. The summed E-state index contributed by atoms with van der Waals surface area (Å²) in [5, 5.41) is 3.82. The Labute approximate surface area is 113 Å². The van der Waals surface area contributed by atoms with Crippen LogP contribution in [-0.2, 0) is 0 Å². The monoisotopic (exact) mass is 269 g/mol. The summed E-state index contributed by atoms with van der Waals surface area (Å²) in [7, 11) is 2.16. The van der Waals surface area contributed by atoms with E-state index in [1.54, 1.807) is 12.3 Å². The highest BCUT2D eigenvalue weighted by Crippen LogP contribution is 2.18. The third-order valence-corrected chi connectivity index (χ3v) is 3.41. The first-order valence-corrected chi connectivity index (χ1v) is 6.59. The molecule has 0 aliphatic carbocycles. The van der Waals surface area contributed by atoms with Crippen LogP contribution >= 0.6 is 11.6 Å². The van der Waals surface area contributed by atoms with Gasteiger partial charge in [0.25, 0.3) is 0 Å². The average molecular weight is 270 g/mol. The molecule has 0 unspecified atom stereocenters. The normalized spacial score (nSPS) is 17.9. The summed E-state index contributed by atoms with van der Waals surface area (Å²) < 4.78 is 0. The van der Waals surface area contributed by atoms with E-state index in [0.717, 1.165) is 39.3 Å². The molecular formula is C12H20ClN5. The minimum Gasteiger partial charge on any atom is -0.396 e. The lowest BCUT2D eigenvalue weighted by Gasteiger charge is -2.32. The smallest absolute Gasteiger partial charge is 0.149 e. The number of hydrogen-bond acceptors (Lipinski definition) is 5. The molecule has 5 nitrogen and oxygen atoms in total. The molecule has 1 saturated heterocycles. The first-order chi connectivity index (χ1) is 8.65. The van der Waals surface area contributed by atoms with Gasteiger partial charge in [-0.15, -0.1) is 0 Å². The molecular weight excluding hydrogens is 250 g/mol. The molecule has 0 radical (unpaired) electrons. The fourth-order valence-corrected chi connectivity index (χ4v) is 2.17. The van der Waals surface area contributed by atoms with E-state index in [1.165, 1.54) is 0 Å². The van der Waals surface area contributed by atoms with E-state index >= 15 is 0 Å². The predicted molar refractivity (Wildman–Crippen MR) is 76.1 cm³/mol. The van der Waals surface area contributed by atoms with Crippen LogP contribution < -0.4 is 11.1 Å².